The maximum atomic E-state index is 13.5. The molecule has 1 aliphatic heterocycles. The van der Waals surface area contributed by atoms with Crippen molar-refractivity contribution in [1.29, 1.82) is 0 Å². The molecular weight excluding hydrogens is 333 g/mol. The van der Waals surface area contributed by atoms with Gasteiger partial charge in [-0.05, 0) is 45.8 Å². The van der Waals surface area contributed by atoms with Crippen LogP contribution in [0.25, 0.3) is 0 Å². The largest absolute Gasteiger partial charge is 0.354 e. The van der Waals surface area contributed by atoms with Gasteiger partial charge in [-0.25, -0.2) is 9.37 Å². The van der Waals surface area contributed by atoms with E-state index in [4.69, 9.17) is 0 Å². The summed E-state index contributed by atoms with van der Waals surface area (Å²) in [5.41, 5.74) is 1.02. The molecule has 110 valence electrons. The third kappa shape index (κ3) is 3.60. The van der Waals surface area contributed by atoms with Crippen LogP contribution in [-0.2, 0) is 6.54 Å². The number of halogens is 2. The Hall–Kier alpha value is -1.46. The molecule has 0 spiro atoms. The van der Waals surface area contributed by atoms with Gasteiger partial charge in [-0.1, -0.05) is 12.1 Å². The summed E-state index contributed by atoms with van der Waals surface area (Å²) in [5, 5.41) is 0. The summed E-state index contributed by atoms with van der Waals surface area (Å²) in [6.07, 6.45) is 1.83. The molecule has 5 heteroatoms. The fraction of sp³-hybridized carbons (Fsp3) is 0.312. The smallest absolute Gasteiger partial charge is 0.137 e. The Kier molecular flexibility index (Phi) is 4.51. The van der Waals surface area contributed by atoms with Gasteiger partial charge in [0.15, 0.2) is 0 Å². The minimum absolute atomic E-state index is 0.195. The van der Waals surface area contributed by atoms with Gasteiger partial charge in [0.2, 0.25) is 0 Å². The monoisotopic (exact) mass is 349 g/mol. The number of pyridine rings is 1. The number of benzene rings is 1. The van der Waals surface area contributed by atoms with Gasteiger partial charge >= 0.3 is 0 Å². The maximum absolute atomic E-state index is 13.5. The molecular formula is C16H17BrFN3. The van der Waals surface area contributed by atoms with Gasteiger partial charge in [0, 0.05) is 38.9 Å². The molecule has 0 N–H and O–H groups in total. The highest BCUT2D eigenvalue weighted by Crippen LogP contribution is 2.19. The number of piperazine rings is 1. The Morgan fingerprint density at radius 1 is 1.10 bits per heavy atom. The average molecular weight is 350 g/mol. The van der Waals surface area contributed by atoms with Crippen LogP contribution in [0.1, 0.15) is 5.56 Å². The lowest BCUT2D eigenvalue weighted by Crippen LogP contribution is -2.46. The first-order valence-corrected chi connectivity index (χ1v) is 7.84. The second kappa shape index (κ2) is 6.54. The molecule has 0 saturated carbocycles. The summed E-state index contributed by atoms with van der Waals surface area (Å²) in [5.74, 6) is 0.839. The Morgan fingerprint density at radius 2 is 1.90 bits per heavy atom. The first-order chi connectivity index (χ1) is 10.2. The fourth-order valence-electron chi connectivity index (χ4n) is 2.57. The van der Waals surface area contributed by atoms with E-state index in [2.05, 4.69) is 30.7 Å². The SMILES string of the molecule is Fc1cc(CN2CCN(c3ccccn3)CC2)ccc1Br. The molecule has 2 heterocycles. The van der Waals surface area contributed by atoms with Crippen molar-refractivity contribution >= 4 is 21.7 Å². The van der Waals surface area contributed by atoms with Gasteiger partial charge in [-0.2, -0.15) is 0 Å². The summed E-state index contributed by atoms with van der Waals surface area (Å²) < 4.78 is 14.1. The first kappa shape index (κ1) is 14.5. The molecule has 21 heavy (non-hydrogen) atoms. The van der Waals surface area contributed by atoms with Gasteiger partial charge in [0.1, 0.15) is 11.6 Å². The molecule has 0 atom stereocenters. The van der Waals surface area contributed by atoms with E-state index in [1.54, 1.807) is 12.1 Å². The molecule has 0 amide bonds. The Bertz CT molecular complexity index is 598. The molecule has 1 aromatic carbocycles. The van der Waals surface area contributed by atoms with Crippen molar-refractivity contribution in [3.05, 3.63) is 58.4 Å². The van der Waals surface area contributed by atoms with E-state index in [-0.39, 0.29) is 5.82 Å². The second-order valence-corrected chi connectivity index (χ2v) is 6.05. The van der Waals surface area contributed by atoms with Crippen LogP contribution in [0.4, 0.5) is 10.2 Å². The first-order valence-electron chi connectivity index (χ1n) is 7.04. The molecule has 0 aliphatic carbocycles. The lowest BCUT2D eigenvalue weighted by molar-refractivity contribution is 0.249. The van der Waals surface area contributed by atoms with Crippen LogP contribution >= 0.6 is 15.9 Å². The van der Waals surface area contributed by atoms with Crippen molar-refractivity contribution in [2.45, 2.75) is 6.54 Å². The van der Waals surface area contributed by atoms with Crippen molar-refractivity contribution in [2.75, 3.05) is 31.1 Å². The van der Waals surface area contributed by atoms with Gasteiger partial charge in [-0.15, -0.1) is 0 Å². The van der Waals surface area contributed by atoms with Crippen molar-refractivity contribution in [2.24, 2.45) is 0 Å². The predicted molar refractivity (Wildman–Crippen MR) is 85.8 cm³/mol. The van der Waals surface area contributed by atoms with E-state index < -0.39 is 0 Å². The van der Waals surface area contributed by atoms with E-state index in [1.807, 2.05) is 30.5 Å². The Balaban J connectivity index is 1.57. The lowest BCUT2D eigenvalue weighted by Gasteiger charge is -2.35. The standard InChI is InChI=1S/C16H17BrFN3/c17-14-5-4-13(11-15(14)18)12-20-7-9-21(10-8-20)16-3-1-2-6-19-16/h1-6,11H,7-10,12H2. The summed E-state index contributed by atoms with van der Waals surface area (Å²) in [6, 6.07) is 11.3. The normalized spacial score (nSPS) is 16.2. The zero-order valence-electron chi connectivity index (χ0n) is 11.7. The van der Waals surface area contributed by atoms with Crippen LogP contribution in [0.5, 0.6) is 0 Å². The van der Waals surface area contributed by atoms with Crippen LogP contribution in [0, 0.1) is 5.82 Å². The summed E-state index contributed by atoms with van der Waals surface area (Å²) in [6.45, 7) is 4.63. The fourth-order valence-corrected chi connectivity index (χ4v) is 2.82. The minimum atomic E-state index is -0.195. The maximum Gasteiger partial charge on any atom is 0.137 e. The number of hydrogen-bond donors (Lipinski definition) is 0. The predicted octanol–water partition coefficient (Wildman–Crippen LogP) is 3.31. The van der Waals surface area contributed by atoms with E-state index >= 15 is 0 Å². The quantitative estimate of drug-likeness (QED) is 0.847. The van der Waals surface area contributed by atoms with Crippen LogP contribution in [0.15, 0.2) is 47.1 Å². The van der Waals surface area contributed by atoms with E-state index in [1.165, 1.54) is 0 Å². The molecule has 1 aromatic heterocycles. The molecule has 1 fully saturated rings. The molecule has 3 rings (SSSR count). The van der Waals surface area contributed by atoms with Crippen LogP contribution in [0.3, 0.4) is 0 Å². The third-order valence-corrected chi connectivity index (χ3v) is 4.38. The Morgan fingerprint density at radius 3 is 2.57 bits per heavy atom. The number of nitrogens with zero attached hydrogens (tertiary/aromatic N) is 3. The van der Waals surface area contributed by atoms with Crippen LogP contribution in [0.2, 0.25) is 0 Å². The molecule has 3 nitrogen and oxygen atoms in total. The van der Waals surface area contributed by atoms with Crippen molar-refractivity contribution < 1.29 is 4.39 Å². The van der Waals surface area contributed by atoms with Gasteiger partial charge < -0.3 is 4.90 Å². The molecule has 0 radical (unpaired) electrons. The average Bonchev–Trinajstić information content (AvgIpc) is 2.53. The molecule has 1 saturated heterocycles. The topological polar surface area (TPSA) is 19.4 Å². The second-order valence-electron chi connectivity index (χ2n) is 5.20. The number of rotatable bonds is 3. The van der Waals surface area contributed by atoms with E-state index in [0.29, 0.717) is 4.47 Å². The highest BCUT2D eigenvalue weighted by molar-refractivity contribution is 9.10. The van der Waals surface area contributed by atoms with Gasteiger partial charge in [0.05, 0.1) is 4.47 Å². The van der Waals surface area contributed by atoms with Crippen molar-refractivity contribution in [3.63, 3.8) is 0 Å². The van der Waals surface area contributed by atoms with E-state index in [0.717, 1.165) is 44.1 Å². The van der Waals surface area contributed by atoms with Crippen LogP contribution in [-0.4, -0.2) is 36.1 Å². The molecule has 0 unspecified atom stereocenters. The number of hydrogen-bond acceptors (Lipinski definition) is 3. The molecule has 0 bridgehead atoms. The number of anilines is 1. The summed E-state index contributed by atoms with van der Waals surface area (Å²) in [7, 11) is 0. The van der Waals surface area contributed by atoms with E-state index in [9.17, 15) is 4.39 Å². The summed E-state index contributed by atoms with van der Waals surface area (Å²) >= 11 is 3.19. The van der Waals surface area contributed by atoms with Gasteiger partial charge in [0.25, 0.3) is 0 Å². The molecule has 1 aliphatic rings. The third-order valence-electron chi connectivity index (χ3n) is 3.74. The van der Waals surface area contributed by atoms with Crippen molar-refractivity contribution in [1.82, 2.24) is 9.88 Å². The van der Waals surface area contributed by atoms with Crippen molar-refractivity contribution in [3.8, 4) is 0 Å². The Labute approximate surface area is 132 Å². The lowest BCUT2D eigenvalue weighted by atomic mass is 10.2. The summed E-state index contributed by atoms with van der Waals surface area (Å²) in [4.78, 5) is 9.03. The zero-order valence-corrected chi connectivity index (χ0v) is 13.3. The molecule has 2 aromatic rings. The highest BCUT2D eigenvalue weighted by atomic mass is 79.9. The van der Waals surface area contributed by atoms with Crippen LogP contribution < -0.4 is 4.90 Å². The number of aromatic nitrogens is 1. The minimum Gasteiger partial charge on any atom is -0.354 e. The zero-order chi connectivity index (χ0) is 14.7. The highest BCUT2D eigenvalue weighted by Gasteiger charge is 2.18. The van der Waals surface area contributed by atoms with Gasteiger partial charge in [-0.3, -0.25) is 4.90 Å².